The predicted molar refractivity (Wildman–Crippen MR) is 152 cm³/mol. The molecule has 0 aliphatic rings. The summed E-state index contributed by atoms with van der Waals surface area (Å²) < 4.78 is 27.8. The fraction of sp³-hybridized carbons (Fsp3) is 0.138. The summed E-state index contributed by atoms with van der Waals surface area (Å²) in [5.41, 5.74) is 3.87. The van der Waals surface area contributed by atoms with Gasteiger partial charge in [-0.3, -0.25) is 4.79 Å². The second-order valence-corrected chi connectivity index (χ2v) is 10.7. The Kier molecular flexibility index (Phi) is 7.92. The third-order valence-electron chi connectivity index (χ3n) is 6.23. The molecule has 10 nitrogen and oxygen atoms in total. The number of benzene rings is 3. The summed E-state index contributed by atoms with van der Waals surface area (Å²) in [6, 6.07) is 26.9. The fourth-order valence-corrected chi connectivity index (χ4v) is 5.42. The van der Waals surface area contributed by atoms with Gasteiger partial charge in [0.2, 0.25) is 5.82 Å². The number of anilines is 1. The molecule has 0 spiro atoms. The van der Waals surface area contributed by atoms with E-state index in [0.717, 1.165) is 28.7 Å². The number of aromatic nitrogens is 5. The summed E-state index contributed by atoms with van der Waals surface area (Å²) in [6.45, 7) is 3.02. The number of amides is 1. The highest BCUT2D eigenvalue weighted by Crippen LogP contribution is 2.32. The number of hydrogen-bond acceptors (Lipinski definition) is 8. The van der Waals surface area contributed by atoms with Crippen molar-refractivity contribution >= 4 is 21.7 Å². The molecule has 2 N–H and O–H groups in total. The summed E-state index contributed by atoms with van der Waals surface area (Å²) in [7, 11) is -4.05. The molecule has 1 amide bonds. The van der Waals surface area contributed by atoms with Crippen LogP contribution in [0.2, 0.25) is 0 Å². The van der Waals surface area contributed by atoms with Gasteiger partial charge in [-0.2, -0.15) is 5.21 Å². The van der Waals surface area contributed by atoms with E-state index in [1.165, 1.54) is 12.1 Å². The molecule has 3 aromatic carbocycles. The van der Waals surface area contributed by atoms with E-state index in [1.54, 1.807) is 36.5 Å². The third-order valence-corrected chi connectivity index (χ3v) is 7.58. The zero-order valence-corrected chi connectivity index (χ0v) is 22.5. The van der Waals surface area contributed by atoms with E-state index in [0.29, 0.717) is 24.7 Å². The smallest absolute Gasteiger partial charge is 0.268 e. The van der Waals surface area contributed by atoms with Gasteiger partial charge in [-0.15, -0.1) is 10.2 Å². The lowest BCUT2D eigenvalue weighted by atomic mass is 9.97. The Hall–Kier alpha value is -4.90. The van der Waals surface area contributed by atoms with Crippen LogP contribution in [0.5, 0.6) is 0 Å². The van der Waals surface area contributed by atoms with Crippen molar-refractivity contribution in [3.8, 4) is 22.5 Å². The van der Waals surface area contributed by atoms with Crippen molar-refractivity contribution in [1.82, 2.24) is 30.3 Å². The molecule has 0 saturated heterocycles. The van der Waals surface area contributed by atoms with Gasteiger partial charge >= 0.3 is 0 Å². The first-order chi connectivity index (χ1) is 19.5. The molecular weight excluding hydrogens is 526 g/mol. The van der Waals surface area contributed by atoms with Gasteiger partial charge in [-0.05, 0) is 58.7 Å². The highest BCUT2D eigenvalue weighted by Gasteiger charge is 2.23. The number of tetrazole rings is 1. The Balaban J connectivity index is 1.47. The first kappa shape index (κ1) is 26.7. The van der Waals surface area contributed by atoms with E-state index in [4.69, 9.17) is 0 Å². The van der Waals surface area contributed by atoms with Crippen molar-refractivity contribution in [2.24, 2.45) is 0 Å². The fourth-order valence-electron chi connectivity index (χ4n) is 4.43. The van der Waals surface area contributed by atoms with Crippen LogP contribution < -0.4 is 9.62 Å². The lowest BCUT2D eigenvalue weighted by molar-refractivity contribution is 0.0981. The van der Waals surface area contributed by atoms with Crippen LogP contribution in [0.25, 0.3) is 22.5 Å². The summed E-state index contributed by atoms with van der Waals surface area (Å²) >= 11 is 0. The molecule has 5 rings (SSSR count). The maximum Gasteiger partial charge on any atom is 0.268 e. The van der Waals surface area contributed by atoms with E-state index < -0.39 is 15.9 Å². The number of rotatable bonds is 10. The Morgan fingerprint density at radius 3 is 2.38 bits per heavy atom. The number of carbonyl (C=O) groups is 1. The van der Waals surface area contributed by atoms with Crippen molar-refractivity contribution < 1.29 is 13.2 Å². The van der Waals surface area contributed by atoms with E-state index in [2.05, 4.69) is 30.3 Å². The number of H-pyrrole nitrogens is 1. The number of nitrogens with zero attached hydrogens (tertiary/aromatic N) is 5. The first-order valence-electron chi connectivity index (χ1n) is 12.7. The highest BCUT2D eigenvalue weighted by atomic mass is 32.2. The maximum absolute atomic E-state index is 13.2. The molecular formula is C29H27N7O3S. The Morgan fingerprint density at radius 2 is 1.68 bits per heavy atom. The minimum Gasteiger partial charge on any atom is -0.352 e. The van der Waals surface area contributed by atoms with Gasteiger partial charge in [0.15, 0.2) is 0 Å². The lowest BCUT2D eigenvalue weighted by Gasteiger charge is -2.25. The van der Waals surface area contributed by atoms with Gasteiger partial charge in [0.05, 0.1) is 10.5 Å². The van der Waals surface area contributed by atoms with Gasteiger partial charge in [-0.25, -0.2) is 18.1 Å². The van der Waals surface area contributed by atoms with Crippen molar-refractivity contribution in [2.45, 2.75) is 24.8 Å². The second-order valence-electron chi connectivity index (χ2n) is 9.03. The van der Waals surface area contributed by atoms with Gasteiger partial charge in [-0.1, -0.05) is 67.6 Å². The van der Waals surface area contributed by atoms with Crippen molar-refractivity contribution in [3.05, 3.63) is 108 Å². The molecule has 0 fully saturated rings. The molecule has 0 unspecified atom stereocenters. The maximum atomic E-state index is 13.2. The van der Waals surface area contributed by atoms with Crippen LogP contribution in [0.1, 0.15) is 29.3 Å². The lowest BCUT2D eigenvalue weighted by Crippen LogP contribution is -2.33. The monoisotopic (exact) mass is 553 g/mol. The molecule has 0 atom stereocenters. The molecule has 2 aromatic heterocycles. The Labute approximate surface area is 232 Å². The summed E-state index contributed by atoms with van der Waals surface area (Å²) in [5, 5.41) is 14.7. The van der Waals surface area contributed by atoms with Crippen LogP contribution in [0, 0.1) is 0 Å². The van der Waals surface area contributed by atoms with E-state index in [9.17, 15) is 13.2 Å². The standard InChI is InChI=1S/C29H27N7O3S/c1-2-18-36(28-25(14-9-17-30-28)29(37)33-40(38,39)23-12-7-4-8-13-23)20-21-15-16-24(22-10-5-3-6-11-22)26(19-21)27-31-34-35-32-27/h3-17,19H,2,18,20H2,1H3,(H,33,37)(H,31,32,34,35). The number of aromatic amines is 1. The van der Waals surface area contributed by atoms with Gasteiger partial charge in [0.25, 0.3) is 15.9 Å². The number of pyridine rings is 1. The normalized spacial score (nSPS) is 11.2. The Bertz CT molecular complexity index is 1690. The van der Waals surface area contributed by atoms with Crippen molar-refractivity contribution in [1.29, 1.82) is 0 Å². The molecule has 2 heterocycles. The quantitative estimate of drug-likeness (QED) is 0.259. The summed E-state index contributed by atoms with van der Waals surface area (Å²) in [6.07, 6.45) is 2.36. The molecule has 0 aliphatic heterocycles. The first-order valence-corrected chi connectivity index (χ1v) is 14.2. The SMILES string of the molecule is CCCN(Cc1ccc(-c2ccccc2)c(-c2nn[nH]n2)c1)c1ncccc1C(=O)NS(=O)(=O)c1ccccc1. The van der Waals surface area contributed by atoms with Crippen LogP contribution in [-0.4, -0.2) is 46.5 Å². The van der Waals surface area contributed by atoms with Gasteiger partial charge in [0.1, 0.15) is 5.82 Å². The zero-order chi connectivity index (χ0) is 28.0. The average molecular weight is 554 g/mol. The van der Waals surface area contributed by atoms with Crippen LogP contribution in [0.3, 0.4) is 0 Å². The largest absolute Gasteiger partial charge is 0.352 e. The van der Waals surface area contributed by atoms with E-state index in [1.807, 2.05) is 60.4 Å². The molecule has 5 aromatic rings. The van der Waals surface area contributed by atoms with Crippen LogP contribution in [-0.2, 0) is 16.6 Å². The van der Waals surface area contributed by atoms with Crippen molar-refractivity contribution in [2.75, 3.05) is 11.4 Å². The van der Waals surface area contributed by atoms with Gasteiger partial charge < -0.3 is 4.90 Å². The summed E-state index contributed by atoms with van der Waals surface area (Å²) in [5.74, 6) is 0.102. The molecule has 40 heavy (non-hydrogen) atoms. The molecule has 0 aliphatic carbocycles. The second kappa shape index (κ2) is 11.9. The van der Waals surface area contributed by atoms with Crippen molar-refractivity contribution in [3.63, 3.8) is 0 Å². The zero-order valence-electron chi connectivity index (χ0n) is 21.7. The van der Waals surface area contributed by atoms with Gasteiger partial charge in [0, 0.05) is 24.8 Å². The molecule has 0 saturated carbocycles. The van der Waals surface area contributed by atoms with E-state index >= 15 is 0 Å². The predicted octanol–water partition coefficient (Wildman–Crippen LogP) is 4.46. The summed E-state index contributed by atoms with van der Waals surface area (Å²) in [4.78, 5) is 19.7. The minimum atomic E-state index is -4.05. The average Bonchev–Trinajstić information content (AvgIpc) is 3.53. The molecule has 11 heteroatoms. The number of nitrogens with one attached hydrogen (secondary N) is 2. The molecule has 0 bridgehead atoms. The number of sulfonamides is 1. The van der Waals surface area contributed by atoms with Crippen LogP contribution in [0.4, 0.5) is 5.82 Å². The van der Waals surface area contributed by atoms with E-state index in [-0.39, 0.29) is 10.5 Å². The Morgan fingerprint density at radius 1 is 0.925 bits per heavy atom. The number of carbonyl (C=O) groups excluding carboxylic acids is 1. The highest BCUT2D eigenvalue weighted by molar-refractivity contribution is 7.90. The topological polar surface area (TPSA) is 134 Å². The molecule has 0 radical (unpaired) electrons. The van der Waals surface area contributed by atoms with Crippen LogP contribution >= 0.6 is 0 Å². The third kappa shape index (κ3) is 5.89. The van der Waals surface area contributed by atoms with Crippen LogP contribution in [0.15, 0.2) is 102 Å². The minimum absolute atomic E-state index is 0.00621. The molecule has 202 valence electrons. The number of hydrogen-bond donors (Lipinski definition) is 2.